The summed E-state index contributed by atoms with van der Waals surface area (Å²) in [6.07, 6.45) is 0. The van der Waals surface area contributed by atoms with Crippen LogP contribution in [0.4, 0.5) is 16.4 Å². The fourth-order valence-electron chi connectivity index (χ4n) is 1.94. The molecular formula is C16H21N5O2. The summed E-state index contributed by atoms with van der Waals surface area (Å²) >= 11 is 0. The van der Waals surface area contributed by atoms with Gasteiger partial charge in [0.15, 0.2) is 5.82 Å². The lowest BCUT2D eigenvalue weighted by atomic mass is 10.2. The molecule has 0 fully saturated rings. The van der Waals surface area contributed by atoms with Gasteiger partial charge in [-0.3, -0.25) is 5.32 Å². The van der Waals surface area contributed by atoms with E-state index in [1.54, 1.807) is 19.2 Å². The minimum Gasteiger partial charge on any atom is -0.496 e. The van der Waals surface area contributed by atoms with Crippen molar-refractivity contribution in [2.24, 2.45) is 0 Å². The van der Waals surface area contributed by atoms with Crippen LogP contribution in [0.15, 0.2) is 36.4 Å². The van der Waals surface area contributed by atoms with Crippen molar-refractivity contribution in [3.05, 3.63) is 42.0 Å². The third kappa shape index (κ3) is 5.14. The van der Waals surface area contributed by atoms with Crippen LogP contribution < -0.4 is 20.7 Å². The Hall–Kier alpha value is -2.83. The molecule has 0 spiro atoms. The number of carbonyl (C=O) groups is 1. The predicted octanol–water partition coefficient (Wildman–Crippen LogP) is 2.63. The van der Waals surface area contributed by atoms with Gasteiger partial charge in [0, 0.05) is 18.2 Å². The number of hydrogen-bond donors (Lipinski definition) is 3. The number of anilines is 2. The van der Waals surface area contributed by atoms with E-state index in [0.717, 1.165) is 11.3 Å². The molecule has 0 saturated heterocycles. The number of methoxy groups -OCH3 is 1. The summed E-state index contributed by atoms with van der Waals surface area (Å²) in [4.78, 5) is 11.6. The van der Waals surface area contributed by atoms with Crippen molar-refractivity contribution in [2.75, 3.05) is 17.7 Å². The maximum absolute atomic E-state index is 11.6. The molecule has 1 aromatic carbocycles. The smallest absolute Gasteiger partial charge is 0.320 e. The van der Waals surface area contributed by atoms with Gasteiger partial charge in [0.05, 0.1) is 7.11 Å². The summed E-state index contributed by atoms with van der Waals surface area (Å²) in [5.41, 5.74) is 1.02. The monoisotopic (exact) mass is 315 g/mol. The van der Waals surface area contributed by atoms with Crippen LogP contribution in [0.1, 0.15) is 19.4 Å². The van der Waals surface area contributed by atoms with Crippen LogP contribution in [-0.4, -0.2) is 29.4 Å². The van der Waals surface area contributed by atoms with E-state index in [-0.39, 0.29) is 12.1 Å². The number of carbonyl (C=O) groups excluding carboxylic acids is 1. The van der Waals surface area contributed by atoms with E-state index in [9.17, 15) is 4.79 Å². The molecule has 0 bridgehead atoms. The number of nitrogens with zero attached hydrogens (tertiary/aromatic N) is 2. The first kappa shape index (κ1) is 16.5. The maximum Gasteiger partial charge on any atom is 0.320 e. The van der Waals surface area contributed by atoms with Crippen LogP contribution in [0.2, 0.25) is 0 Å². The number of aromatic nitrogens is 2. The number of ether oxygens (including phenoxy) is 1. The molecule has 0 saturated carbocycles. The lowest BCUT2D eigenvalue weighted by Gasteiger charge is -2.11. The second-order valence-corrected chi connectivity index (χ2v) is 5.22. The Labute approximate surface area is 135 Å². The van der Waals surface area contributed by atoms with Crippen LogP contribution in [-0.2, 0) is 6.54 Å². The zero-order valence-electron chi connectivity index (χ0n) is 13.5. The Bertz CT molecular complexity index is 643. The maximum atomic E-state index is 11.6. The van der Waals surface area contributed by atoms with Crippen molar-refractivity contribution >= 4 is 17.7 Å². The van der Waals surface area contributed by atoms with Gasteiger partial charge >= 0.3 is 6.03 Å². The molecule has 7 heteroatoms. The van der Waals surface area contributed by atoms with E-state index >= 15 is 0 Å². The molecule has 0 radical (unpaired) electrons. The summed E-state index contributed by atoms with van der Waals surface area (Å²) in [5.74, 6) is 1.83. The lowest BCUT2D eigenvalue weighted by molar-refractivity contribution is 0.250. The summed E-state index contributed by atoms with van der Waals surface area (Å²) in [6.45, 7) is 4.34. The molecule has 1 heterocycles. The van der Waals surface area contributed by atoms with Crippen molar-refractivity contribution in [1.29, 1.82) is 0 Å². The minimum atomic E-state index is -0.302. The first-order valence-corrected chi connectivity index (χ1v) is 7.35. The third-order valence-electron chi connectivity index (χ3n) is 2.98. The van der Waals surface area contributed by atoms with Crippen molar-refractivity contribution < 1.29 is 9.53 Å². The SMILES string of the molecule is COc1ccccc1CNc1ccc(NC(=O)NC(C)C)nn1. The van der Waals surface area contributed by atoms with E-state index < -0.39 is 0 Å². The molecule has 0 atom stereocenters. The lowest BCUT2D eigenvalue weighted by Crippen LogP contribution is -2.34. The van der Waals surface area contributed by atoms with Gasteiger partial charge in [-0.15, -0.1) is 10.2 Å². The summed E-state index contributed by atoms with van der Waals surface area (Å²) < 4.78 is 5.30. The van der Waals surface area contributed by atoms with Gasteiger partial charge in [-0.25, -0.2) is 4.79 Å². The highest BCUT2D eigenvalue weighted by molar-refractivity contribution is 5.88. The third-order valence-corrected chi connectivity index (χ3v) is 2.98. The van der Waals surface area contributed by atoms with Gasteiger partial charge in [-0.05, 0) is 32.0 Å². The van der Waals surface area contributed by atoms with Crippen LogP contribution in [0.25, 0.3) is 0 Å². The molecule has 23 heavy (non-hydrogen) atoms. The minimum absolute atomic E-state index is 0.0600. The van der Waals surface area contributed by atoms with Gasteiger partial charge < -0.3 is 15.4 Å². The van der Waals surface area contributed by atoms with E-state index in [1.165, 1.54) is 0 Å². The molecule has 2 aromatic rings. The second-order valence-electron chi connectivity index (χ2n) is 5.22. The first-order chi connectivity index (χ1) is 11.1. The Morgan fingerprint density at radius 2 is 1.83 bits per heavy atom. The second kappa shape index (κ2) is 7.98. The summed E-state index contributed by atoms with van der Waals surface area (Å²) in [6, 6.07) is 11.0. The average Bonchev–Trinajstić information content (AvgIpc) is 2.53. The number of nitrogens with one attached hydrogen (secondary N) is 3. The molecular weight excluding hydrogens is 294 g/mol. The van der Waals surface area contributed by atoms with Crippen LogP contribution >= 0.6 is 0 Å². The average molecular weight is 315 g/mol. The van der Waals surface area contributed by atoms with Gasteiger partial charge in [0.2, 0.25) is 0 Å². The van der Waals surface area contributed by atoms with Gasteiger partial charge in [0.1, 0.15) is 11.6 Å². The summed E-state index contributed by atoms with van der Waals surface area (Å²) in [5, 5.41) is 16.5. The number of rotatable bonds is 6. The number of hydrogen-bond acceptors (Lipinski definition) is 5. The van der Waals surface area contributed by atoms with Crippen LogP contribution in [0.5, 0.6) is 5.75 Å². The van der Waals surface area contributed by atoms with Gasteiger partial charge in [-0.1, -0.05) is 18.2 Å². The Morgan fingerprint density at radius 1 is 1.13 bits per heavy atom. The quantitative estimate of drug-likeness (QED) is 0.762. The normalized spacial score (nSPS) is 10.3. The largest absolute Gasteiger partial charge is 0.496 e. The highest BCUT2D eigenvalue weighted by Gasteiger charge is 2.06. The molecule has 0 unspecified atom stereocenters. The van der Waals surface area contributed by atoms with Crippen molar-refractivity contribution in [2.45, 2.75) is 26.4 Å². The molecule has 7 nitrogen and oxygen atoms in total. The molecule has 3 N–H and O–H groups in total. The van der Waals surface area contributed by atoms with Crippen LogP contribution in [0.3, 0.4) is 0 Å². The van der Waals surface area contributed by atoms with Gasteiger partial charge in [-0.2, -0.15) is 0 Å². The topological polar surface area (TPSA) is 88.2 Å². The molecule has 1 aromatic heterocycles. The van der Waals surface area contributed by atoms with E-state index in [1.807, 2.05) is 38.1 Å². The van der Waals surface area contributed by atoms with E-state index in [2.05, 4.69) is 26.1 Å². The molecule has 2 amide bonds. The molecule has 122 valence electrons. The fourth-order valence-corrected chi connectivity index (χ4v) is 1.94. The van der Waals surface area contributed by atoms with E-state index in [0.29, 0.717) is 18.2 Å². The number of benzene rings is 1. The first-order valence-electron chi connectivity index (χ1n) is 7.35. The standard InChI is InChI=1S/C16H21N5O2/c1-11(2)18-16(22)19-15-9-8-14(20-21-15)17-10-12-6-4-5-7-13(12)23-3/h4-9,11H,10H2,1-3H3,(H,17,20)(H2,18,19,21,22). The predicted molar refractivity (Wildman–Crippen MR) is 89.6 cm³/mol. The van der Waals surface area contributed by atoms with Crippen LogP contribution in [0, 0.1) is 0 Å². The highest BCUT2D eigenvalue weighted by atomic mass is 16.5. The van der Waals surface area contributed by atoms with E-state index in [4.69, 9.17) is 4.74 Å². The fraction of sp³-hybridized carbons (Fsp3) is 0.312. The number of urea groups is 1. The van der Waals surface area contributed by atoms with Crippen molar-refractivity contribution in [3.8, 4) is 5.75 Å². The molecule has 0 aliphatic rings. The number of amides is 2. The van der Waals surface area contributed by atoms with Crippen molar-refractivity contribution in [1.82, 2.24) is 15.5 Å². The van der Waals surface area contributed by atoms with Gasteiger partial charge in [0.25, 0.3) is 0 Å². The highest BCUT2D eigenvalue weighted by Crippen LogP contribution is 2.18. The number of para-hydroxylation sites is 1. The molecule has 0 aliphatic heterocycles. The summed E-state index contributed by atoms with van der Waals surface area (Å²) in [7, 11) is 1.64. The Morgan fingerprint density at radius 3 is 2.48 bits per heavy atom. The van der Waals surface area contributed by atoms with Crippen molar-refractivity contribution in [3.63, 3.8) is 0 Å². The zero-order valence-corrected chi connectivity index (χ0v) is 13.5. The Balaban J connectivity index is 1.91. The Kier molecular flexibility index (Phi) is 5.74. The molecule has 0 aliphatic carbocycles. The molecule has 2 rings (SSSR count). The zero-order chi connectivity index (χ0) is 16.7.